The molecule has 0 aromatic heterocycles. The molecule has 1 unspecified atom stereocenters. The van der Waals surface area contributed by atoms with Crippen LogP contribution in [-0.2, 0) is 14.3 Å². The van der Waals surface area contributed by atoms with Crippen molar-refractivity contribution < 1.29 is 14.3 Å². The maximum atomic E-state index is 12.6. The molecule has 112 valence electrons. The lowest BCUT2D eigenvalue weighted by Gasteiger charge is -2.32. The van der Waals surface area contributed by atoms with Crippen molar-refractivity contribution in [1.29, 1.82) is 0 Å². The summed E-state index contributed by atoms with van der Waals surface area (Å²) in [5.41, 5.74) is -0.404. The van der Waals surface area contributed by atoms with Gasteiger partial charge >= 0.3 is 0 Å². The lowest BCUT2D eigenvalue weighted by Crippen LogP contribution is -2.54. The molecule has 0 aliphatic carbocycles. The zero-order chi connectivity index (χ0) is 14.1. The van der Waals surface area contributed by atoms with E-state index >= 15 is 0 Å². The smallest absolute Gasteiger partial charge is 0.242 e. The van der Waals surface area contributed by atoms with Crippen LogP contribution < -0.4 is 5.32 Å². The van der Waals surface area contributed by atoms with Crippen LogP contribution in [-0.4, -0.2) is 62.4 Å². The lowest BCUT2D eigenvalue weighted by molar-refractivity contribution is -0.138. The van der Waals surface area contributed by atoms with Crippen molar-refractivity contribution in [2.24, 2.45) is 0 Å². The van der Waals surface area contributed by atoms with E-state index in [1.165, 1.54) is 0 Å². The Bertz CT molecular complexity index is 255. The molecule has 0 aromatic carbocycles. The Morgan fingerprint density at radius 2 is 1.79 bits per heavy atom. The minimum atomic E-state index is -0.404. The summed E-state index contributed by atoms with van der Waals surface area (Å²) in [6.45, 7) is 10.7. The molecule has 0 spiro atoms. The summed E-state index contributed by atoms with van der Waals surface area (Å²) >= 11 is 0. The number of ether oxygens (including phenoxy) is 2. The summed E-state index contributed by atoms with van der Waals surface area (Å²) in [7, 11) is 0. The molecular formula is C14H28N2O3. The number of carbonyl (C=O) groups is 1. The maximum absolute atomic E-state index is 12.6. The number of hydrogen-bond donors (Lipinski definition) is 1. The summed E-state index contributed by atoms with van der Waals surface area (Å²) in [5, 5.41) is 3.32. The third-order valence-electron chi connectivity index (χ3n) is 3.55. The summed E-state index contributed by atoms with van der Waals surface area (Å²) in [6, 6.07) is 0. The first-order valence-electron chi connectivity index (χ1n) is 7.34. The van der Waals surface area contributed by atoms with Crippen LogP contribution in [0.5, 0.6) is 0 Å². The predicted molar refractivity (Wildman–Crippen MR) is 75.2 cm³/mol. The molecule has 0 saturated carbocycles. The van der Waals surface area contributed by atoms with Crippen molar-refractivity contribution in [3.05, 3.63) is 0 Å². The molecule has 1 amide bonds. The van der Waals surface area contributed by atoms with Crippen molar-refractivity contribution >= 4 is 5.91 Å². The quantitative estimate of drug-likeness (QED) is 0.637. The van der Waals surface area contributed by atoms with E-state index in [-0.39, 0.29) is 5.91 Å². The molecule has 1 saturated heterocycles. The molecule has 0 bridgehead atoms. The highest BCUT2D eigenvalue weighted by atomic mass is 16.5. The van der Waals surface area contributed by atoms with Gasteiger partial charge in [-0.3, -0.25) is 4.79 Å². The summed E-state index contributed by atoms with van der Waals surface area (Å²) in [4.78, 5) is 14.5. The fraction of sp³-hybridized carbons (Fsp3) is 0.929. The highest BCUT2D eigenvalue weighted by molar-refractivity contribution is 5.86. The van der Waals surface area contributed by atoms with Crippen LogP contribution in [0.25, 0.3) is 0 Å². The van der Waals surface area contributed by atoms with Crippen LogP contribution in [0, 0.1) is 0 Å². The Labute approximate surface area is 116 Å². The van der Waals surface area contributed by atoms with Crippen molar-refractivity contribution in [3.63, 3.8) is 0 Å². The van der Waals surface area contributed by atoms with Gasteiger partial charge in [0.25, 0.3) is 0 Å². The molecule has 19 heavy (non-hydrogen) atoms. The molecular weight excluding hydrogens is 244 g/mol. The van der Waals surface area contributed by atoms with Gasteiger partial charge in [-0.05, 0) is 40.2 Å². The van der Waals surface area contributed by atoms with E-state index in [0.29, 0.717) is 39.5 Å². The number of hydrogen-bond acceptors (Lipinski definition) is 4. The number of nitrogens with one attached hydrogen (secondary N) is 1. The fourth-order valence-corrected chi connectivity index (χ4v) is 2.38. The SMILES string of the molecule is CCOCCN(CCOCC)C(=O)C1(C)CCCN1. The van der Waals surface area contributed by atoms with Gasteiger partial charge in [-0.2, -0.15) is 0 Å². The van der Waals surface area contributed by atoms with Gasteiger partial charge in [0.2, 0.25) is 5.91 Å². The highest BCUT2D eigenvalue weighted by Gasteiger charge is 2.38. The van der Waals surface area contributed by atoms with Crippen LogP contribution in [0.4, 0.5) is 0 Å². The third kappa shape index (κ3) is 5.09. The van der Waals surface area contributed by atoms with E-state index in [2.05, 4.69) is 5.32 Å². The van der Waals surface area contributed by atoms with E-state index in [9.17, 15) is 4.79 Å². The molecule has 0 radical (unpaired) electrons. The minimum Gasteiger partial charge on any atom is -0.380 e. The van der Waals surface area contributed by atoms with Gasteiger partial charge in [0, 0.05) is 26.3 Å². The van der Waals surface area contributed by atoms with Gasteiger partial charge in [0.15, 0.2) is 0 Å². The second kappa shape index (κ2) is 8.51. The Hall–Kier alpha value is -0.650. The predicted octanol–water partition coefficient (Wildman–Crippen LogP) is 1.03. The molecule has 1 N–H and O–H groups in total. The topological polar surface area (TPSA) is 50.8 Å². The Kier molecular flexibility index (Phi) is 7.34. The summed E-state index contributed by atoms with van der Waals surface area (Å²) < 4.78 is 10.7. The average molecular weight is 272 g/mol. The Balaban J connectivity index is 2.52. The van der Waals surface area contributed by atoms with Gasteiger partial charge < -0.3 is 19.7 Å². The van der Waals surface area contributed by atoms with Gasteiger partial charge in [-0.1, -0.05) is 0 Å². The van der Waals surface area contributed by atoms with Crippen molar-refractivity contribution in [3.8, 4) is 0 Å². The van der Waals surface area contributed by atoms with E-state index in [0.717, 1.165) is 19.4 Å². The van der Waals surface area contributed by atoms with Crippen LogP contribution >= 0.6 is 0 Å². The van der Waals surface area contributed by atoms with Crippen LogP contribution in [0.1, 0.15) is 33.6 Å². The molecule has 1 aliphatic heterocycles. The minimum absolute atomic E-state index is 0.171. The molecule has 1 aliphatic rings. The van der Waals surface area contributed by atoms with E-state index < -0.39 is 5.54 Å². The lowest BCUT2D eigenvalue weighted by atomic mass is 9.98. The maximum Gasteiger partial charge on any atom is 0.242 e. The van der Waals surface area contributed by atoms with E-state index in [1.807, 2.05) is 25.7 Å². The number of carbonyl (C=O) groups excluding carboxylic acids is 1. The summed E-state index contributed by atoms with van der Waals surface area (Å²) in [6.07, 6.45) is 1.97. The van der Waals surface area contributed by atoms with Gasteiger partial charge in [0.05, 0.1) is 18.8 Å². The standard InChI is InChI=1S/C14H28N2O3/c1-4-18-11-9-16(10-12-19-5-2)13(17)14(3)7-6-8-15-14/h15H,4-12H2,1-3H3. The monoisotopic (exact) mass is 272 g/mol. The van der Waals surface area contributed by atoms with Crippen LogP contribution in [0.2, 0.25) is 0 Å². The molecule has 1 fully saturated rings. The second-order valence-corrected chi connectivity index (χ2v) is 5.05. The van der Waals surface area contributed by atoms with Crippen LogP contribution in [0.15, 0.2) is 0 Å². The molecule has 5 heteroatoms. The zero-order valence-electron chi connectivity index (χ0n) is 12.5. The first-order chi connectivity index (χ1) is 9.14. The number of amides is 1. The van der Waals surface area contributed by atoms with Crippen LogP contribution in [0.3, 0.4) is 0 Å². The number of nitrogens with zero attached hydrogens (tertiary/aromatic N) is 1. The molecule has 1 heterocycles. The van der Waals surface area contributed by atoms with Crippen molar-refractivity contribution in [1.82, 2.24) is 10.2 Å². The van der Waals surface area contributed by atoms with Crippen molar-refractivity contribution in [2.75, 3.05) is 46.1 Å². The van der Waals surface area contributed by atoms with E-state index in [1.54, 1.807) is 0 Å². The first kappa shape index (κ1) is 16.4. The number of rotatable bonds is 9. The third-order valence-corrected chi connectivity index (χ3v) is 3.55. The first-order valence-corrected chi connectivity index (χ1v) is 7.34. The normalized spacial score (nSPS) is 22.7. The molecule has 1 rings (SSSR count). The van der Waals surface area contributed by atoms with Gasteiger partial charge in [0.1, 0.15) is 0 Å². The van der Waals surface area contributed by atoms with Gasteiger partial charge in [-0.25, -0.2) is 0 Å². The Morgan fingerprint density at radius 1 is 1.21 bits per heavy atom. The van der Waals surface area contributed by atoms with E-state index in [4.69, 9.17) is 9.47 Å². The molecule has 0 aromatic rings. The van der Waals surface area contributed by atoms with Gasteiger partial charge in [-0.15, -0.1) is 0 Å². The second-order valence-electron chi connectivity index (χ2n) is 5.05. The van der Waals surface area contributed by atoms with Crippen molar-refractivity contribution in [2.45, 2.75) is 39.2 Å². The average Bonchev–Trinajstić information content (AvgIpc) is 2.85. The largest absolute Gasteiger partial charge is 0.380 e. The zero-order valence-corrected chi connectivity index (χ0v) is 12.5. The fourth-order valence-electron chi connectivity index (χ4n) is 2.38. The molecule has 1 atom stereocenters. The molecule has 5 nitrogen and oxygen atoms in total. The summed E-state index contributed by atoms with van der Waals surface area (Å²) in [5.74, 6) is 0.171. The highest BCUT2D eigenvalue weighted by Crippen LogP contribution is 2.21. The Morgan fingerprint density at radius 3 is 2.21 bits per heavy atom.